The van der Waals surface area contributed by atoms with Crippen LogP contribution >= 0.6 is 0 Å². The molecule has 3 aromatic rings. The van der Waals surface area contributed by atoms with Crippen molar-refractivity contribution >= 4 is 11.6 Å². The Morgan fingerprint density at radius 1 is 1.19 bits per heavy atom. The fraction of sp³-hybridized carbons (Fsp3) is 0.381. The van der Waals surface area contributed by atoms with Gasteiger partial charge in [-0.1, -0.05) is 18.2 Å². The summed E-state index contributed by atoms with van der Waals surface area (Å²) in [5, 5.41) is 8.61. The average Bonchev–Trinajstić information content (AvgIpc) is 3.13. The third kappa shape index (κ3) is 3.52. The van der Waals surface area contributed by atoms with Crippen molar-refractivity contribution < 1.29 is 9.53 Å². The van der Waals surface area contributed by atoms with Crippen LogP contribution in [0.4, 0.5) is 0 Å². The molecule has 1 aliphatic heterocycles. The summed E-state index contributed by atoms with van der Waals surface area (Å²) in [6, 6.07) is 11.8. The second-order valence-electron chi connectivity index (χ2n) is 7.15. The quantitative estimate of drug-likeness (QED) is 0.714. The Balaban J connectivity index is 1.43. The maximum Gasteiger partial charge on any atom is 0.260 e. The number of hydrogen-bond donors (Lipinski definition) is 0. The minimum atomic E-state index is 0.0226. The van der Waals surface area contributed by atoms with Gasteiger partial charge in [-0.2, -0.15) is 0 Å². The minimum absolute atomic E-state index is 0.0226. The van der Waals surface area contributed by atoms with Crippen LogP contribution in [0.3, 0.4) is 0 Å². The highest BCUT2D eigenvalue weighted by atomic mass is 16.5. The van der Waals surface area contributed by atoms with Crippen LogP contribution in [0.15, 0.2) is 42.6 Å². The van der Waals surface area contributed by atoms with Crippen molar-refractivity contribution in [1.82, 2.24) is 19.5 Å². The number of hydrogen-bond acceptors (Lipinski definition) is 4. The third-order valence-corrected chi connectivity index (χ3v) is 5.39. The van der Waals surface area contributed by atoms with Crippen molar-refractivity contribution in [3.05, 3.63) is 59.5 Å². The van der Waals surface area contributed by atoms with Crippen molar-refractivity contribution in [2.24, 2.45) is 0 Å². The van der Waals surface area contributed by atoms with E-state index < -0.39 is 0 Å². The monoisotopic (exact) mass is 364 g/mol. The first-order chi connectivity index (χ1) is 13.1. The Morgan fingerprint density at radius 2 is 2.07 bits per heavy atom. The summed E-state index contributed by atoms with van der Waals surface area (Å²) in [5.41, 5.74) is 3.09. The summed E-state index contributed by atoms with van der Waals surface area (Å²) < 4.78 is 7.82. The number of fused-ring (bicyclic) bond motifs is 1. The summed E-state index contributed by atoms with van der Waals surface area (Å²) in [7, 11) is 0. The van der Waals surface area contributed by atoms with E-state index in [-0.39, 0.29) is 18.4 Å². The van der Waals surface area contributed by atoms with Crippen molar-refractivity contribution in [2.45, 2.75) is 32.6 Å². The van der Waals surface area contributed by atoms with Gasteiger partial charge in [0.1, 0.15) is 11.6 Å². The number of likely N-dealkylation sites (tertiary alicyclic amines) is 1. The van der Waals surface area contributed by atoms with Gasteiger partial charge in [0.25, 0.3) is 5.91 Å². The van der Waals surface area contributed by atoms with Crippen LogP contribution in [0, 0.1) is 13.8 Å². The number of nitrogens with zero attached hydrogens (tertiary/aromatic N) is 4. The molecule has 0 bridgehead atoms. The van der Waals surface area contributed by atoms with Crippen LogP contribution in [0.1, 0.15) is 35.7 Å². The number of pyridine rings is 1. The summed E-state index contributed by atoms with van der Waals surface area (Å²) in [6.45, 7) is 5.55. The van der Waals surface area contributed by atoms with Gasteiger partial charge in [-0.05, 0) is 56.0 Å². The number of carbonyl (C=O) groups excluding carboxylic acids is 1. The molecular formula is C21H24N4O2. The number of benzene rings is 1. The Hall–Kier alpha value is -2.89. The van der Waals surface area contributed by atoms with Crippen LogP contribution in [0.5, 0.6) is 5.75 Å². The van der Waals surface area contributed by atoms with Crippen LogP contribution in [-0.4, -0.2) is 45.1 Å². The first-order valence-electron chi connectivity index (χ1n) is 9.40. The molecule has 0 aliphatic carbocycles. The molecule has 1 saturated heterocycles. The molecule has 3 heterocycles. The second kappa shape index (κ2) is 7.39. The zero-order valence-corrected chi connectivity index (χ0v) is 15.8. The SMILES string of the molecule is Cc1cccc(OCC(=O)N2CCC[C@H](c3nnc4ccccn34)C2)c1C. The van der Waals surface area contributed by atoms with Crippen molar-refractivity contribution in [3.8, 4) is 5.75 Å². The largest absolute Gasteiger partial charge is 0.483 e. The van der Waals surface area contributed by atoms with E-state index in [0.29, 0.717) is 6.54 Å². The van der Waals surface area contributed by atoms with Crippen molar-refractivity contribution in [2.75, 3.05) is 19.7 Å². The van der Waals surface area contributed by atoms with Gasteiger partial charge in [-0.3, -0.25) is 9.20 Å². The molecule has 4 rings (SSSR count). The molecule has 140 valence electrons. The lowest BCUT2D eigenvalue weighted by Gasteiger charge is -2.32. The number of rotatable bonds is 4. The van der Waals surface area contributed by atoms with E-state index in [4.69, 9.17) is 4.74 Å². The van der Waals surface area contributed by atoms with Gasteiger partial charge in [-0.15, -0.1) is 10.2 Å². The van der Waals surface area contributed by atoms with Crippen molar-refractivity contribution in [3.63, 3.8) is 0 Å². The standard InChI is InChI=1S/C21H24N4O2/c1-15-7-5-9-18(16(15)2)27-14-20(26)24-11-6-8-17(13-24)21-23-22-19-10-3-4-12-25(19)21/h3-5,7,9-10,12,17H,6,8,11,13-14H2,1-2H3/t17-/m0/s1. The first-order valence-corrected chi connectivity index (χ1v) is 9.40. The minimum Gasteiger partial charge on any atom is -0.483 e. The van der Waals surface area contributed by atoms with Gasteiger partial charge >= 0.3 is 0 Å². The lowest BCUT2D eigenvalue weighted by molar-refractivity contribution is -0.134. The molecule has 6 nitrogen and oxygen atoms in total. The molecule has 2 aromatic heterocycles. The number of aryl methyl sites for hydroxylation is 1. The fourth-order valence-corrected chi connectivity index (χ4v) is 3.66. The van der Waals surface area contributed by atoms with Crippen LogP contribution < -0.4 is 4.74 Å². The highest BCUT2D eigenvalue weighted by Gasteiger charge is 2.28. The zero-order valence-electron chi connectivity index (χ0n) is 15.8. The van der Waals surface area contributed by atoms with Crippen LogP contribution in [0.2, 0.25) is 0 Å². The van der Waals surface area contributed by atoms with Gasteiger partial charge in [0.2, 0.25) is 0 Å². The molecule has 0 radical (unpaired) electrons. The number of piperidine rings is 1. The van der Waals surface area contributed by atoms with Crippen LogP contribution in [-0.2, 0) is 4.79 Å². The molecule has 0 spiro atoms. The first kappa shape index (κ1) is 17.5. The lowest BCUT2D eigenvalue weighted by Crippen LogP contribution is -2.42. The molecule has 1 fully saturated rings. The number of aromatic nitrogens is 3. The van der Waals surface area contributed by atoms with Gasteiger partial charge in [-0.25, -0.2) is 0 Å². The smallest absolute Gasteiger partial charge is 0.260 e. The summed E-state index contributed by atoms with van der Waals surface area (Å²) in [4.78, 5) is 14.6. The maximum absolute atomic E-state index is 12.7. The molecule has 27 heavy (non-hydrogen) atoms. The van der Waals surface area contributed by atoms with E-state index in [1.165, 1.54) is 0 Å². The Kier molecular flexibility index (Phi) is 4.79. The predicted octanol–water partition coefficient (Wildman–Crippen LogP) is 3.13. The molecule has 6 heteroatoms. The number of ether oxygens (including phenoxy) is 1. The number of amides is 1. The lowest BCUT2D eigenvalue weighted by atomic mass is 9.97. The second-order valence-corrected chi connectivity index (χ2v) is 7.15. The van der Waals surface area contributed by atoms with E-state index >= 15 is 0 Å². The molecule has 1 atom stereocenters. The molecular weight excluding hydrogens is 340 g/mol. The van der Waals surface area contributed by atoms with E-state index in [0.717, 1.165) is 47.7 Å². The molecule has 1 aliphatic rings. The van der Waals surface area contributed by atoms with Gasteiger partial charge in [0.05, 0.1) is 0 Å². The fourth-order valence-electron chi connectivity index (χ4n) is 3.66. The normalized spacial score (nSPS) is 17.3. The maximum atomic E-state index is 12.7. The summed E-state index contributed by atoms with van der Waals surface area (Å²) >= 11 is 0. The van der Waals surface area contributed by atoms with Crippen LogP contribution in [0.25, 0.3) is 5.65 Å². The van der Waals surface area contributed by atoms with E-state index in [2.05, 4.69) is 10.2 Å². The van der Waals surface area contributed by atoms with E-state index in [1.54, 1.807) is 0 Å². The summed E-state index contributed by atoms with van der Waals surface area (Å²) in [6.07, 6.45) is 3.95. The zero-order chi connectivity index (χ0) is 18.8. The Morgan fingerprint density at radius 3 is 2.96 bits per heavy atom. The molecule has 0 N–H and O–H groups in total. The van der Waals surface area contributed by atoms with Gasteiger partial charge < -0.3 is 9.64 Å². The topological polar surface area (TPSA) is 59.7 Å². The Labute approximate surface area is 158 Å². The Bertz CT molecular complexity index is 966. The average molecular weight is 364 g/mol. The van der Waals surface area contributed by atoms with E-state index in [9.17, 15) is 4.79 Å². The number of carbonyl (C=O) groups is 1. The highest BCUT2D eigenvalue weighted by Crippen LogP contribution is 2.26. The molecule has 1 aromatic carbocycles. The molecule has 1 amide bonds. The molecule has 0 unspecified atom stereocenters. The third-order valence-electron chi connectivity index (χ3n) is 5.39. The van der Waals surface area contributed by atoms with E-state index in [1.807, 2.05) is 65.7 Å². The van der Waals surface area contributed by atoms with Crippen molar-refractivity contribution in [1.29, 1.82) is 0 Å². The highest BCUT2D eigenvalue weighted by molar-refractivity contribution is 5.78. The summed E-state index contributed by atoms with van der Waals surface area (Å²) in [5.74, 6) is 1.93. The van der Waals surface area contributed by atoms with Gasteiger partial charge in [0, 0.05) is 25.2 Å². The predicted molar refractivity (Wildman–Crippen MR) is 103 cm³/mol. The van der Waals surface area contributed by atoms with Gasteiger partial charge in [0.15, 0.2) is 12.3 Å². The molecule has 0 saturated carbocycles.